The first-order valence-electron chi connectivity index (χ1n) is 13.3. The van der Waals surface area contributed by atoms with Crippen LogP contribution in [0, 0.1) is 0 Å². The summed E-state index contributed by atoms with van der Waals surface area (Å²) in [7, 11) is 0. The summed E-state index contributed by atoms with van der Waals surface area (Å²) in [5.74, 6) is 0.388. The zero-order chi connectivity index (χ0) is 27.9. The van der Waals surface area contributed by atoms with Crippen molar-refractivity contribution >= 4 is 17.6 Å². The molecule has 0 spiro atoms. The van der Waals surface area contributed by atoms with Gasteiger partial charge in [0.1, 0.15) is 11.4 Å². The number of hydrogen-bond donors (Lipinski definition) is 2. The van der Waals surface area contributed by atoms with Crippen LogP contribution < -0.4 is 10.3 Å². The fourth-order valence-electron chi connectivity index (χ4n) is 4.68. The highest BCUT2D eigenvalue weighted by Gasteiger charge is 2.21. The summed E-state index contributed by atoms with van der Waals surface area (Å²) in [6, 6.07) is 25.5. The van der Waals surface area contributed by atoms with Gasteiger partial charge in [0.2, 0.25) is 0 Å². The van der Waals surface area contributed by atoms with Crippen molar-refractivity contribution in [3.05, 3.63) is 123 Å². The molecule has 0 bridgehead atoms. The van der Waals surface area contributed by atoms with Crippen molar-refractivity contribution < 1.29 is 14.6 Å². The summed E-state index contributed by atoms with van der Waals surface area (Å²) in [5, 5.41) is 9.19. The van der Waals surface area contributed by atoms with Gasteiger partial charge in [0, 0.05) is 25.5 Å². The third kappa shape index (κ3) is 6.61. The molecule has 5 rings (SSSR count). The Morgan fingerprint density at radius 1 is 0.925 bits per heavy atom. The van der Waals surface area contributed by atoms with Crippen LogP contribution in [0.3, 0.4) is 0 Å². The Labute approximate surface area is 237 Å². The summed E-state index contributed by atoms with van der Waals surface area (Å²) in [6.45, 7) is 0.459. The van der Waals surface area contributed by atoms with Gasteiger partial charge >= 0.3 is 5.97 Å². The van der Waals surface area contributed by atoms with Gasteiger partial charge in [-0.25, -0.2) is 4.98 Å². The topological polar surface area (TPSA) is 97.2 Å². The maximum absolute atomic E-state index is 13.5. The lowest BCUT2D eigenvalue weighted by molar-refractivity contribution is -0.137. The Kier molecular flexibility index (Phi) is 8.62. The van der Waals surface area contributed by atoms with Gasteiger partial charge < -0.3 is 14.8 Å². The number of aromatic amines is 1. The zero-order valence-corrected chi connectivity index (χ0v) is 22.7. The number of unbranched alkanes of at least 4 members (excludes halogenated alkanes) is 2. The molecule has 0 aromatic heterocycles. The highest BCUT2D eigenvalue weighted by molar-refractivity contribution is 6.32. The predicted molar refractivity (Wildman–Crippen MR) is 156 cm³/mol. The number of carboxylic acid groups (broad SMARTS) is 1. The van der Waals surface area contributed by atoms with Crippen LogP contribution in [0.2, 0.25) is 5.02 Å². The maximum atomic E-state index is 13.5. The van der Waals surface area contributed by atoms with Crippen LogP contribution in [0.5, 0.6) is 5.75 Å². The van der Waals surface area contributed by atoms with E-state index in [1.54, 1.807) is 16.7 Å². The quantitative estimate of drug-likeness (QED) is 0.171. The molecule has 40 heavy (non-hydrogen) atoms. The second-order valence-electron chi connectivity index (χ2n) is 9.73. The standard InChI is InChI=1S/C32H30ClN3O4/c33-25-18-23(15-16-29(25)40-17-9-3-8-14-30(37)38)20-27-32(39)36-21-28(24-12-6-2-7-13-24)34-26(31(36)35-27)19-22-10-4-1-5-11-22/h1-2,4-7,10-13,15-16,18,21,34H,3,8-9,14,17,19-20H2,(H,37,38). The van der Waals surface area contributed by atoms with E-state index < -0.39 is 5.97 Å². The van der Waals surface area contributed by atoms with Crippen molar-refractivity contribution in [1.82, 2.24) is 14.5 Å². The summed E-state index contributed by atoms with van der Waals surface area (Å²) in [5.41, 5.74) is 4.94. The molecule has 0 saturated carbocycles. The van der Waals surface area contributed by atoms with Crippen molar-refractivity contribution in [2.24, 2.45) is 0 Å². The number of aliphatic carboxylic acids is 1. The Morgan fingerprint density at radius 3 is 2.40 bits per heavy atom. The first kappa shape index (κ1) is 27.2. The van der Waals surface area contributed by atoms with E-state index in [-0.39, 0.29) is 12.0 Å². The van der Waals surface area contributed by atoms with E-state index in [2.05, 4.69) is 17.1 Å². The number of rotatable bonds is 12. The molecular formula is C32H30ClN3O4. The molecule has 2 heterocycles. The molecule has 3 aromatic carbocycles. The minimum Gasteiger partial charge on any atom is -0.492 e. The van der Waals surface area contributed by atoms with Gasteiger partial charge in [0.15, 0.2) is 5.82 Å². The minimum atomic E-state index is -0.784. The number of halogens is 1. The van der Waals surface area contributed by atoms with Gasteiger partial charge in [-0.1, -0.05) is 78.3 Å². The van der Waals surface area contributed by atoms with Crippen molar-refractivity contribution in [2.75, 3.05) is 6.61 Å². The Balaban J connectivity index is 1.38. The monoisotopic (exact) mass is 555 g/mol. The van der Waals surface area contributed by atoms with Crippen molar-refractivity contribution in [1.29, 1.82) is 0 Å². The number of carbonyl (C=O) groups is 1. The van der Waals surface area contributed by atoms with Crippen LogP contribution in [0.4, 0.5) is 0 Å². The molecule has 0 aliphatic carbocycles. The number of ether oxygens (including phenoxy) is 1. The number of imidazole rings is 1. The number of nitrogens with one attached hydrogen (secondary N) is 1. The third-order valence-corrected chi connectivity index (χ3v) is 7.01. The largest absolute Gasteiger partial charge is 0.492 e. The van der Waals surface area contributed by atoms with E-state index in [0.717, 1.165) is 40.9 Å². The molecule has 0 atom stereocenters. The van der Waals surface area contributed by atoms with Crippen LogP contribution in [-0.4, -0.2) is 32.2 Å². The average molecular weight is 556 g/mol. The lowest BCUT2D eigenvalue weighted by atomic mass is 10.1. The van der Waals surface area contributed by atoms with Crippen molar-refractivity contribution in [2.45, 2.75) is 38.5 Å². The molecule has 2 N–H and O–H groups in total. The summed E-state index contributed by atoms with van der Waals surface area (Å²) in [4.78, 5) is 32.5. The minimum absolute atomic E-state index is 0.159. The smallest absolute Gasteiger partial charge is 0.303 e. The average Bonchev–Trinajstić information content (AvgIpc) is 3.27. The number of carboxylic acids is 1. The van der Waals surface area contributed by atoms with E-state index in [1.165, 1.54) is 0 Å². The molecule has 0 saturated heterocycles. The number of benzene rings is 3. The normalized spacial score (nSPS) is 11.1. The van der Waals surface area contributed by atoms with Gasteiger partial charge in [-0.05, 0) is 48.1 Å². The first-order chi connectivity index (χ1) is 19.5. The highest BCUT2D eigenvalue weighted by atomic mass is 35.5. The van der Waals surface area contributed by atoms with Gasteiger partial charge in [-0.2, -0.15) is 0 Å². The molecule has 7 nitrogen and oxygen atoms in total. The van der Waals surface area contributed by atoms with Gasteiger partial charge in [0.05, 0.1) is 23.0 Å². The van der Waals surface area contributed by atoms with E-state index in [4.69, 9.17) is 26.4 Å². The number of fused-ring (bicyclic) bond motifs is 1. The SMILES string of the molecule is O=C(O)CCCCCOc1ccc(Cc2nc3c(Cc4ccccc4)[nH]c(-c4ccccc4)cn-3c2=O)cc1Cl. The molecule has 204 valence electrons. The van der Waals surface area contributed by atoms with Gasteiger partial charge in [-0.15, -0.1) is 0 Å². The summed E-state index contributed by atoms with van der Waals surface area (Å²) in [6.07, 6.45) is 5.07. The van der Waals surface area contributed by atoms with Crippen molar-refractivity contribution in [3.63, 3.8) is 0 Å². The van der Waals surface area contributed by atoms with E-state index >= 15 is 0 Å². The van der Waals surface area contributed by atoms with Gasteiger partial charge in [0.25, 0.3) is 5.56 Å². The molecule has 3 aromatic rings. The van der Waals surface area contributed by atoms with Gasteiger partial charge in [-0.3, -0.25) is 14.2 Å². The molecule has 0 radical (unpaired) electrons. The van der Waals surface area contributed by atoms with E-state index in [0.29, 0.717) is 48.2 Å². The van der Waals surface area contributed by atoms with Crippen molar-refractivity contribution in [3.8, 4) is 22.8 Å². The fraction of sp³-hybridized carbons (Fsp3) is 0.219. The zero-order valence-electron chi connectivity index (χ0n) is 22.0. The molecule has 2 aliphatic rings. The summed E-state index contributed by atoms with van der Waals surface area (Å²) < 4.78 is 7.42. The molecule has 8 heteroatoms. The maximum Gasteiger partial charge on any atom is 0.303 e. The third-order valence-electron chi connectivity index (χ3n) is 6.72. The Morgan fingerprint density at radius 2 is 1.68 bits per heavy atom. The lowest BCUT2D eigenvalue weighted by Gasteiger charge is -2.13. The predicted octanol–water partition coefficient (Wildman–Crippen LogP) is 6.52. The fourth-order valence-corrected chi connectivity index (χ4v) is 4.94. The van der Waals surface area contributed by atoms with Crippen LogP contribution in [0.15, 0.2) is 89.9 Å². The second-order valence-corrected chi connectivity index (χ2v) is 10.1. The second kappa shape index (κ2) is 12.7. The number of aromatic nitrogens is 3. The van der Waals surface area contributed by atoms with Crippen LogP contribution in [0.25, 0.3) is 17.1 Å². The Hall–Kier alpha value is -4.36. The van der Waals surface area contributed by atoms with Crippen LogP contribution in [-0.2, 0) is 17.6 Å². The van der Waals surface area contributed by atoms with Crippen LogP contribution in [0.1, 0.15) is 48.2 Å². The van der Waals surface area contributed by atoms with E-state index in [9.17, 15) is 9.59 Å². The molecule has 0 amide bonds. The molecular weight excluding hydrogens is 526 g/mol. The lowest BCUT2D eigenvalue weighted by Crippen LogP contribution is -2.17. The number of H-pyrrole nitrogens is 1. The Bertz CT molecular complexity index is 1610. The van der Waals surface area contributed by atoms with E-state index in [1.807, 2.05) is 60.8 Å². The molecule has 2 aliphatic heterocycles. The first-order valence-corrected chi connectivity index (χ1v) is 13.7. The molecule has 0 fully saturated rings. The highest BCUT2D eigenvalue weighted by Crippen LogP contribution is 2.28. The molecule has 0 unspecified atom stereocenters. The number of nitrogens with zero attached hydrogens (tertiary/aromatic N) is 2. The van der Waals surface area contributed by atoms with Crippen LogP contribution >= 0.6 is 11.6 Å². The number of hydrogen-bond acceptors (Lipinski definition) is 4. The summed E-state index contributed by atoms with van der Waals surface area (Å²) >= 11 is 6.49.